The Kier molecular flexibility index (Phi) is 4.98. The van der Waals surface area contributed by atoms with E-state index in [1.807, 2.05) is 38.7 Å². The summed E-state index contributed by atoms with van der Waals surface area (Å²) in [6, 6.07) is 1.87. The smallest absolute Gasteiger partial charge is 0.244 e. The topological polar surface area (TPSA) is 85.2 Å². The minimum Gasteiger partial charge on any atom is -0.372 e. The predicted molar refractivity (Wildman–Crippen MR) is 93.6 cm³/mol. The number of rotatable bonds is 4. The lowest BCUT2D eigenvalue weighted by molar-refractivity contribution is -0.144. The summed E-state index contributed by atoms with van der Waals surface area (Å²) in [6.07, 6.45) is 3.61. The van der Waals surface area contributed by atoms with Crippen molar-refractivity contribution in [2.24, 2.45) is 0 Å². The van der Waals surface area contributed by atoms with Crippen molar-refractivity contribution >= 4 is 17.4 Å². The number of nitrogens with one attached hydrogen (secondary N) is 1. The lowest BCUT2D eigenvalue weighted by Gasteiger charge is -2.35. The van der Waals surface area contributed by atoms with Gasteiger partial charge in [-0.1, -0.05) is 0 Å². The van der Waals surface area contributed by atoms with Crippen LogP contribution < -0.4 is 5.32 Å². The summed E-state index contributed by atoms with van der Waals surface area (Å²) in [5.74, 6) is 1.47. The molecular weight excluding hydrogens is 320 g/mol. The van der Waals surface area contributed by atoms with Crippen molar-refractivity contribution in [3.05, 3.63) is 30.0 Å². The average Bonchev–Trinajstić information content (AvgIpc) is 2.92. The van der Waals surface area contributed by atoms with Gasteiger partial charge in [-0.05, 0) is 27.7 Å². The first-order valence-corrected chi connectivity index (χ1v) is 8.44. The first-order valence-electron chi connectivity index (χ1n) is 8.44. The van der Waals surface area contributed by atoms with Crippen molar-refractivity contribution in [3.8, 4) is 0 Å². The van der Waals surface area contributed by atoms with Crippen LogP contribution in [0.25, 0.3) is 0 Å². The predicted octanol–water partition coefficient (Wildman–Crippen LogP) is 1.67. The fourth-order valence-corrected chi connectivity index (χ4v) is 3.06. The van der Waals surface area contributed by atoms with Gasteiger partial charge < -0.3 is 15.0 Å². The molecule has 0 saturated carbocycles. The van der Waals surface area contributed by atoms with Crippen molar-refractivity contribution in [2.45, 2.75) is 46.4 Å². The van der Waals surface area contributed by atoms with E-state index in [0.717, 1.165) is 11.4 Å². The number of aromatic nitrogens is 4. The molecule has 0 bridgehead atoms. The van der Waals surface area contributed by atoms with Gasteiger partial charge in [-0.2, -0.15) is 5.10 Å². The average molecular weight is 344 g/mol. The maximum Gasteiger partial charge on any atom is 0.244 e. The Balaban J connectivity index is 1.62. The van der Waals surface area contributed by atoms with Gasteiger partial charge in [-0.15, -0.1) is 0 Å². The van der Waals surface area contributed by atoms with Gasteiger partial charge in [-0.3, -0.25) is 9.48 Å². The minimum atomic E-state index is 0.0466. The summed E-state index contributed by atoms with van der Waals surface area (Å²) >= 11 is 0. The molecule has 0 aliphatic carbocycles. The Morgan fingerprint density at radius 2 is 2.00 bits per heavy atom. The van der Waals surface area contributed by atoms with E-state index in [0.29, 0.717) is 24.7 Å². The third-order valence-corrected chi connectivity index (χ3v) is 3.94. The van der Waals surface area contributed by atoms with Crippen LogP contribution in [0, 0.1) is 13.8 Å². The zero-order chi connectivity index (χ0) is 18.0. The van der Waals surface area contributed by atoms with Gasteiger partial charge in [0.1, 0.15) is 18.2 Å². The molecular formula is C17H24N6O2. The highest BCUT2D eigenvalue weighted by atomic mass is 16.5. The fraction of sp³-hybridized carbons (Fsp3) is 0.529. The summed E-state index contributed by atoms with van der Waals surface area (Å²) in [7, 11) is 0. The first kappa shape index (κ1) is 17.3. The molecule has 8 heteroatoms. The van der Waals surface area contributed by atoms with Crippen molar-refractivity contribution in [1.82, 2.24) is 24.6 Å². The lowest BCUT2D eigenvalue weighted by Crippen LogP contribution is -2.49. The third-order valence-electron chi connectivity index (χ3n) is 3.94. The number of anilines is 2. The SMILES string of the molecule is Cc1cc(Nc2cnn(CC(=O)N3CC(C)OC(C)C3)c2)nc(C)n1. The van der Waals surface area contributed by atoms with Gasteiger partial charge in [0, 0.05) is 31.0 Å². The third kappa shape index (κ3) is 4.54. The molecule has 25 heavy (non-hydrogen) atoms. The summed E-state index contributed by atoms with van der Waals surface area (Å²) in [6.45, 7) is 9.19. The Hall–Kier alpha value is -2.48. The molecule has 2 aromatic rings. The molecule has 1 saturated heterocycles. The Morgan fingerprint density at radius 1 is 1.28 bits per heavy atom. The van der Waals surface area contributed by atoms with Gasteiger partial charge in [0.25, 0.3) is 0 Å². The highest BCUT2D eigenvalue weighted by Gasteiger charge is 2.25. The van der Waals surface area contributed by atoms with E-state index in [4.69, 9.17) is 4.74 Å². The second-order valence-electron chi connectivity index (χ2n) is 6.55. The number of amides is 1. The molecule has 2 unspecified atom stereocenters. The second kappa shape index (κ2) is 7.18. The second-order valence-corrected chi connectivity index (χ2v) is 6.55. The van der Waals surface area contributed by atoms with E-state index in [-0.39, 0.29) is 24.7 Å². The Bertz CT molecular complexity index is 729. The number of aryl methyl sites for hydroxylation is 2. The van der Waals surface area contributed by atoms with Crippen LogP contribution in [0.2, 0.25) is 0 Å². The number of morpholine rings is 1. The molecule has 1 N–H and O–H groups in total. The molecule has 1 aliphatic rings. The monoisotopic (exact) mass is 344 g/mol. The van der Waals surface area contributed by atoms with Crippen LogP contribution in [0.1, 0.15) is 25.4 Å². The van der Waals surface area contributed by atoms with Crippen molar-refractivity contribution in [3.63, 3.8) is 0 Å². The normalized spacial score (nSPS) is 20.6. The molecule has 3 rings (SSSR count). The van der Waals surface area contributed by atoms with Gasteiger partial charge in [0.15, 0.2) is 0 Å². The first-order chi connectivity index (χ1) is 11.9. The van der Waals surface area contributed by atoms with Crippen molar-refractivity contribution < 1.29 is 9.53 Å². The van der Waals surface area contributed by atoms with Crippen LogP contribution in [0.3, 0.4) is 0 Å². The van der Waals surface area contributed by atoms with Crippen LogP contribution in [0.5, 0.6) is 0 Å². The van der Waals surface area contributed by atoms with Crippen LogP contribution >= 0.6 is 0 Å². The molecule has 2 atom stereocenters. The van der Waals surface area contributed by atoms with E-state index in [1.165, 1.54) is 0 Å². The number of nitrogens with zero attached hydrogens (tertiary/aromatic N) is 5. The molecule has 2 aromatic heterocycles. The molecule has 1 fully saturated rings. The number of hydrogen-bond donors (Lipinski definition) is 1. The van der Waals surface area contributed by atoms with E-state index < -0.39 is 0 Å². The molecule has 1 amide bonds. The Morgan fingerprint density at radius 3 is 2.68 bits per heavy atom. The highest BCUT2D eigenvalue weighted by molar-refractivity contribution is 5.76. The molecule has 0 aromatic carbocycles. The van der Waals surface area contributed by atoms with Crippen molar-refractivity contribution in [2.75, 3.05) is 18.4 Å². The standard InChI is InChI=1S/C17H24N6O2/c1-11-5-16(20-14(4)19-11)21-15-6-18-23(9-15)10-17(24)22-7-12(2)25-13(3)8-22/h5-6,9,12-13H,7-8,10H2,1-4H3,(H,19,20,21). The number of carbonyl (C=O) groups excluding carboxylic acids is 1. The Labute approximate surface area is 147 Å². The van der Waals surface area contributed by atoms with Gasteiger partial charge in [0.05, 0.1) is 24.1 Å². The van der Waals surface area contributed by atoms with E-state index >= 15 is 0 Å². The van der Waals surface area contributed by atoms with Crippen LogP contribution in [-0.2, 0) is 16.1 Å². The van der Waals surface area contributed by atoms with Crippen LogP contribution in [0.15, 0.2) is 18.5 Å². The number of carbonyl (C=O) groups is 1. The molecule has 134 valence electrons. The van der Waals surface area contributed by atoms with Crippen LogP contribution in [-0.4, -0.2) is 55.9 Å². The molecule has 1 aliphatic heterocycles. The van der Waals surface area contributed by atoms with Crippen molar-refractivity contribution in [1.29, 1.82) is 0 Å². The van der Waals surface area contributed by atoms with Crippen LogP contribution in [0.4, 0.5) is 11.5 Å². The maximum absolute atomic E-state index is 12.5. The zero-order valence-corrected chi connectivity index (χ0v) is 15.1. The molecule has 0 radical (unpaired) electrons. The summed E-state index contributed by atoms with van der Waals surface area (Å²) < 4.78 is 7.30. The highest BCUT2D eigenvalue weighted by Crippen LogP contribution is 2.15. The number of ether oxygens (including phenoxy) is 1. The minimum absolute atomic E-state index is 0.0466. The zero-order valence-electron chi connectivity index (χ0n) is 15.1. The van der Waals surface area contributed by atoms with Gasteiger partial charge >= 0.3 is 0 Å². The molecule has 0 spiro atoms. The van der Waals surface area contributed by atoms with E-state index in [1.54, 1.807) is 17.1 Å². The van der Waals surface area contributed by atoms with E-state index in [9.17, 15) is 4.79 Å². The van der Waals surface area contributed by atoms with E-state index in [2.05, 4.69) is 20.4 Å². The van der Waals surface area contributed by atoms with Gasteiger partial charge in [-0.25, -0.2) is 9.97 Å². The summed E-state index contributed by atoms with van der Waals surface area (Å²) in [4.78, 5) is 22.9. The molecule has 8 nitrogen and oxygen atoms in total. The maximum atomic E-state index is 12.5. The van der Waals surface area contributed by atoms with Gasteiger partial charge in [0.2, 0.25) is 5.91 Å². The largest absolute Gasteiger partial charge is 0.372 e. The fourth-order valence-electron chi connectivity index (χ4n) is 3.06. The quantitative estimate of drug-likeness (QED) is 0.908. The number of hydrogen-bond acceptors (Lipinski definition) is 6. The lowest BCUT2D eigenvalue weighted by atomic mass is 10.2. The summed E-state index contributed by atoms with van der Waals surface area (Å²) in [5, 5.41) is 7.46. The summed E-state index contributed by atoms with van der Waals surface area (Å²) in [5.41, 5.74) is 1.68. The molecule has 3 heterocycles.